The molecule has 1 heterocycles. The van der Waals surface area contributed by atoms with Crippen LogP contribution in [0.5, 0.6) is 0 Å². The van der Waals surface area contributed by atoms with Crippen molar-refractivity contribution >= 4 is 11.6 Å². The predicted molar refractivity (Wildman–Crippen MR) is 87.1 cm³/mol. The van der Waals surface area contributed by atoms with Gasteiger partial charge in [0.05, 0.1) is 18.3 Å². The summed E-state index contributed by atoms with van der Waals surface area (Å²) < 4.78 is 0. The van der Waals surface area contributed by atoms with Gasteiger partial charge in [0.1, 0.15) is 0 Å². The number of hydrogen-bond acceptors (Lipinski definition) is 3. The van der Waals surface area contributed by atoms with Crippen LogP contribution in [0.25, 0.3) is 0 Å². The average Bonchev–Trinajstić information content (AvgIpc) is 2.69. The molecule has 0 aliphatic carbocycles. The second-order valence-corrected chi connectivity index (χ2v) is 6.57. The van der Waals surface area contributed by atoms with Crippen molar-refractivity contribution in [1.29, 1.82) is 0 Å². The fourth-order valence-corrected chi connectivity index (χ4v) is 3.41. The maximum atomic E-state index is 9.13. The molecule has 0 aromatic rings. The molecule has 2 unspecified atom stereocenters. The molecule has 1 rings (SSSR count). The molecular formula is C16H33ClN2O. The maximum Gasteiger partial charge on any atom is 0.0989 e. The molecule has 0 spiro atoms. The summed E-state index contributed by atoms with van der Waals surface area (Å²) in [5, 5.41) is 9.13. The quantitative estimate of drug-likeness (QED) is 0.358. The van der Waals surface area contributed by atoms with Crippen LogP contribution in [0.4, 0.5) is 0 Å². The number of likely N-dealkylation sites (N-methyl/N-ethyl adjacent to an activating group) is 1. The zero-order valence-corrected chi connectivity index (χ0v) is 14.1. The van der Waals surface area contributed by atoms with E-state index in [1.165, 1.54) is 57.8 Å². The van der Waals surface area contributed by atoms with Crippen molar-refractivity contribution in [2.45, 2.75) is 76.4 Å². The first-order valence-corrected chi connectivity index (χ1v) is 8.85. The highest BCUT2D eigenvalue weighted by Gasteiger charge is 2.34. The number of aliphatic hydroxyl groups is 1. The third-order valence-corrected chi connectivity index (χ3v) is 4.87. The molecule has 3 nitrogen and oxygen atoms in total. The first-order chi connectivity index (χ1) is 9.70. The van der Waals surface area contributed by atoms with Crippen molar-refractivity contribution in [1.82, 2.24) is 9.80 Å². The summed E-state index contributed by atoms with van der Waals surface area (Å²) in [7, 11) is 2.10. The van der Waals surface area contributed by atoms with E-state index in [1.54, 1.807) is 0 Å². The molecule has 120 valence electrons. The standard InChI is InChI=1S/C16H33ClN2O/c1-3-4-5-6-7-8-9-10-11-16-18(2)15(17)14-19(16)12-13-20/h15-16,20H,3-14H2,1-2H3. The van der Waals surface area contributed by atoms with Gasteiger partial charge in [-0.25, -0.2) is 0 Å². The van der Waals surface area contributed by atoms with E-state index in [9.17, 15) is 0 Å². The van der Waals surface area contributed by atoms with Crippen LogP contribution in [0.3, 0.4) is 0 Å². The number of alkyl halides is 1. The van der Waals surface area contributed by atoms with Crippen molar-refractivity contribution in [3.63, 3.8) is 0 Å². The summed E-state index contributed by atoms with van der Waals surface area (Å²) in [6, 6.07) is 0. The van der Waals surface area contributed by atoms with E-state index in [-0.39, 0.29) is 12.1 Å². The second kappa shape index (κ2) is 10.8. The Morgan fingerprint density at radius 3 is 2.25 bits per heavy atom. The molecule has 0 aromatic carbocycles. The van der Waals surface area contributed by atoms with Gasteiger partial charge in [-0.2, -0.15) is 0 Å². The van der Waals surface area contributed by atoms with E-state index in [4.69, 9.17) is 16.7 Å². The van der Waals surface area contributed by atoms with Gasteiger partial charge in [-0.1, -0.05) is 58.3 Å². The Balaban J connectivity index is 2.10. The zero-order chi connectivity index (χ0) is 14.8. The summed E-state index contributed by atoms with van der Waals surface area (Å²) >= 11 is 6.30. The fourth-order valence-electron chi connectivity index (χ4n) is 3.10. The molecule has 4 heteroatoms. The Morgan fingerprint density at radius 2 is 1.65 bits per heavy atom. The minimum Gasteiger partial charge on any atom is -0.395 e. The summed E-state index contributed by atoms with van der Waals surface area (Å²) in [5.41, 5.74) is 0.0978. The van der Waals surface area contributed by atoms with Crippen LogP contribution in [0, 0.1) is 0 Å². The lowest BCUT2D eigenvalue weighted by Crippen LogP contribution is -2.38. The molecule has 20 heavy (non-hydrogen) atoms. The lowest BCUT2D eigenvalue weighted by molar-refractivity contribution is 0.118. The summed E-state index contributed by atoms with van der Waals surface area (Å²) in [5.74, 6) is 0. The molecule has 0 radical (unpaired) electrons. The van der Waals surface area contributed by atoms with Gasteiger partial charge < -0.3 is 5.11 Å². The van der Waals surface area contributed by atoms with E-state index in [0.29, 0.717) is 6.17 Å². The third-order valence-electron chi connectivity index (χ3n) is 4.42. The third kappa shape index (κ3) is 6.30. The van der Waals surface area contributed by atoms with Crippen LogP contribution in [0.1, 0.15) is 64.7 Å². The lowest BCUT2D eigenvalue weighted by atomic mass is 10.1. The van der Waals surface area contributed by atoms with Gasteiger partial charge in [0.2, 0.25) is 0 Å². The molecule has 0 aromatic heterocycles. The van der Waals surface area contributed by atoms with Crippen molar-refractivity contribution in [2.75, 3.05) is 26.7 Å². The number of halogens is 1. The van der Waals surface area contributed by atoms with Crippen LogP contribution < -0.4 is 0 Å². The number of rotatable bonds is 11. The van der Waals surface area contributed by atoms with Crippen LogP contribution >= 0.6 is 11.6 Å². The molecule has 1 N–H and O–H groups in total. The van der Waals surface area contributed by atoms with Crippen molar-refractivity contribution in [3.8, 4) is 0 Å². The summed E-state index contributed by atoms with van der Waals surface area (Å²) in [6.07, 6.45) is 12.5. The van der Waals surface area contributed by atoms with Crippen molar-refractivity contribution < 1.29 is 5.11 Å². The van der Waals surface area contributed by atoms with E-state index in [2.05, 4.69) is 23.8 Å². The van der Waals surface area contributed by atoms with Crippen molar-refractivity contribution in [2.24, 2.45) is 0 Å². The normalized spacial score (nSPS) is 24.6. The Morgan fingerprint density at radius 1 is 1.05 bits per heavy atom. The van der Waals surface area contributed by atoms with Gasteiger partial charge in [-0.05, 0) is 13.5 Å². The van der Waals surface area contributed by atoms with Gasteiger partial charge in [0, 0.05) is 13.1 Å². The Kier molecular flexibility index (Phi) is 9.87. The van der Waals surface area contributed by atoms with Crippen LogP contribution in [0.2, 0.25) is 0 Å². The smallest absolute Gasteiger partial charge is 0.0989 e. The highest BCUT2D eigenvalue weighted by molar-refractivity contribution is 6.20. The number of hydrogen-bond donors (Lipinski definition) is 1. The molecular weight excluding hydrogens is 272 g/mol. The molecule has 0 amide bonds. The summed E-state index contributed by atoms with van der Waals surface area (Å²) in [6.45, 7) is 4.11. The van der Waals surface area contributed by atoms with Gasteiger partial charge in [-0.3, -0.25) is 9.80 Å². The molecule has 2 atom stereocenters. The monoisotopic (exact) mass is 304 g/mol. The minimum absolute atomic E-state index is 0.0978. The van der Waals surface area contributed by atoms with E-state index in [0.717, 1.165) is 13.1 Å². The maximum absolute atomic E-state index is 9.13. The average molecular weight is 305 g/mol. The number of aliphatic hydroxyl groups excluding tert-OH is 1. The van der Waals surface area contributed by atoms with Crippen LogP contribution in [0.15, 0.2) is 0 Å². The van der Waals surface area contributed by atoms with Gasteiger partial charge in [0.15, 0.2) is 0 Å². The topological polar surface area (TPSA) is 26.7 Å². The Labute approximate surface area is 130 Å². The van der Waals surface area contributed by atoms with Crippen LogP contribution in [-0.4, -0.2) is 53.3 Å². The molecule has 1 fully saturated rings. The van der Waals surface area contributed by atoms with E-state index in [1.807, 2.05) is 0 Å². The largest absolute Gasteiger partial charge is 0.395 e. The van der Waals surface area contributed by atoms with Gasteiger partial charge in [0.25, 0.3) is 0 Å². The molecule has 1 saturated heterocycles. The first kappa shape index (κ1) is 18.2. The Hall–Kier alpha value is 0.170. The summed E-state index contributed by atoms with van der Waals surface area (Å²) in [4.78, 5) is 4.57. The van der Waals surface area contributed by atoms with E-state index >= 15 is 0 Å². The van der Waals surface area contributed by atoms with Crippen molar-refractivity contribution in [3.05, 3.63) is 0 Å². The molecule has 0 saturated carbocycles. The Bertz CT molecular complexity index is 241. The lowest BCUT2D eigenvalue weighted by Gasteiger charge is -2.27. The fraction of sp³-hybridized carbons (Fsp3) is 1.00. The number of nitrogens with zero attached hydrogens (tertiary/aromatic N) is 2. The second-order valence-electron chi connectivity index (χ2n) is 6.06. The van der Waals surface area contributed by atoms with E-state index < -0.39 is 0 Å². The predicted octanol–water partition coefficient (Wildman–Crippen LogP) is 3.65. The number of unbranched alkanes of at least 4 members (excludes halogenated alkanes) is 7. The first-order valence-electron chi connectivity index (χ1n) is 8.41. The minimum atomic E-state index is 0.0978. The highest BCUT2D eigenvalue weighted by Crippen LogP contribution is 2.25. The highest BCUT2D eigenvalue weighted by atomic mass is 35.5. The SMILES string of the molecule is CCCCCCCCCCC1N(CCO)CC(Cl)N1C. The van der Waals surface area contributed by atoms with Gasteiger partial charge in [-0.15, -0.1) is 11.6 Å². The van der Waals surface area contributed by atoms with Gasteiger partial charge >= 0.3 is 0 Å². The zero-order valence-electron chi connectivity index (χ0n) is 13.4. The van der Waals surface area contributed by atoms with Crippen LogP contribution in [-0.2, 0) is 0 Å². The molecule has 0 bridgehead atoms. The molecule has 1 aliphatic rings. The number of β-amino-alcohol motifs (C(OH)–C–C–N with tert-alkyl or cyclic N) is 1. The molecule has 1 aliphatic heterocycles.